The number of amides is 1. The van der Waals surface area contributed by atoms with E-state index in [0.717, 1.165) is 16.8 Å². The molecular weight excluding hydrogens is 322 g/mol. The second-order valence-corrected chi connectivity index (χ2v) is 10.1. The number of benzene rings is 1. The maximum atomic E-state index is 12.7. The highest BCUT2D eigenvalue weighted by Crippen LogP contribution is 2.41. The number of carbonyl (C=O) groups is 1. The van der Waals surface area contributed by atoms with Crippen molar-refractivity contribution in [2.75, 3.05) is 5.32 Å². The number of rotatable bonds is 2. The van der Waals surface area contributed by atoms with Gasteiger partial charge in [0.2, 0.25) is 0 Å². The van der Waals surface area contributed by atoms with E-state index in [1.54, 1.807) is 12.1 Å². The van der Waals surface area contributed by atoms with Crippen molar-refractivity contribution in [3.63, 3.8) is 0 Å². The van der Waals surface area contributed by atoms with Gasteiger partial charge in [-0.05, 0) is 45.1 Å². The van der Waals surface area contributed by atoms with Crippen LogP contribution in [0.5, 0.6) is 0 Å². The molecule has 0 aliphatic heterocycles. The fraction of sp³-hybridized carbons (Fsp3) is 0.522. The molecule has 142 valence electrons. The van der Waals surface area contributed by atoms with Gasteiger partial charge in [-0.2, -0.15) is 0 Å². The van der Waals surface area contributed by atoms with Gasteiger partial charge in [-0.3, -0.25) is 4.79 Å². The molecule has 0 bridgehead atoms. The lowest BCUT2D eigenvalue weighted by atomic mass is 9.74. The predicted molar refractivity (Wildman–Crippen MR) is 109 cm³/mol. The summed E-state index contributed by atoms with van der Waals surface area (Å²) in [6.07, 6.45) is 1.52. The van der Waals surface area contributed by atoms with Gasteiger partial charge < -0.3 is 9.73 Å². The lowest BCUT2D eigenvalue weighted by molar-refractivity contribution is 0.0996. The maximum absolute atomic E-state index is 12.7. The molecule has 0 atom stereocenters. The summed E-state index contributed by atoms with van der Waals surface area (Å²) in [5.41, 5.74) is 4.30. The third kappa shape index (κ3) is 4.38. The molecule has 1 N–H and O–H groups in total. The number of hydrogen-bond acceptors (Lipinski definition) is 2. The van der Waals surface area contributed by atoms with E-state index in [1.165, 1.54) is 11.8 Å². The molecule has 3 nitrogen and oxygen atoms in total. The van der Waals surface area contributed by atoms with Gasteiger partial charge in [0.1, 0.15) is 0 Å². The van der Waals surface area contributed by atoms with Crippen molar-refractivity contribution < 1.29 is 9.21 Å². The van der Waals surface area contributed by atoms with Crippen LogP contribution in [0, 0.1) is 0 Å². The summed E-state index contributed by atoms with van der Waals surface area (Å²) in [6.45, 7) is 19.8. The Morgan fingerprint density at radius 1 is 0.846 bits per heavy atom. The fourth-order valence-electron chi connectivity index (χ4n) is 2.98. The highest BCUT2D eigenvalue weighted by Gasteiger charge is 2.30. The van der Waals surface area contributed by atoms with Gasteiger partial charge in [0, 0.05) is 5.69 Å². The minimum atomic E-state index is -0.213. The van der Waals surface area contributed by atoms with Crippen molar-refractivity contribution in [3.05, 3.63) is 53.0 Å². The van der Waals surface area contributed by atoms with Gasteiger partial charge in [-0.15, -0.1) is 0 Å². The first kappa shape index (κ1) is 20.3. The van der Waals surface area contributed by atoms with Crippen molar-refractivity contribution >= 4 is 11.6 Å². The third-order valence-electron chi connectivity index (χ3n) is 4.60. The summed E-state index contributed by atoms with van der Waals surface area (Å²) in [5, 5.41) is 3.14. The van der Waals surface area contributed by atoms with Crippen molar-refractivity contribution in [1.82, 2.24) is 0 Å². The predicted octanol–water partition coefficient (Wildman–Crippen LogP) is 6.42. The zero-order valence-corrected chi connectivity index (χ0v) is 17.7. The van der Waals surface area contributed by atoms with Crippen molar-refractivity contribution in [1.29, 1.82) is 0 Å². The van der Waals surface area contributed by atoms with Gasteiger partial charge in [0.15, 0.2) is 5.76 Å². The molecule has 2 rings (SSSR count). The Bertz CT molecular complexity index is 744. The Balaban J connectivity index is 2.72. The van der Waals surface area contributed by atoms with Crippen molar-refractivity contribution in [2.45, 2.75) is 78.6 Å². The van der Waals surface area contributed by atoms with E-state index >= 15 is 0 Å². The van der Waals surface area contributed by atoms with Crippen molar-refractivity contribution in [2.24, 2.45) is 0 Å². The van der Waals surface area contributed by atoms with Crippen LogP contribution < -0.4 is 5.32 Å². The van der Waals surface area contributed by atoms with Gasteiger partial charge in [0.05, 0.1) is 6.26 Å². The largest absolute Gasteiger partial charge is 0.459 e. The molecule has 0 fully saturated rings. The number of anilines is 1. The summed E-state index contributed by atoms with van der Waals surface area (Å²) >= 11 is 0. The molecule has 0 aliphatic rings. The van der Waals surface area contributed by atoms with Crippen LogP contribution in [0.3, 0.4) is 0 Å². The first-order valence-electron chi connectivity index (χ1n) is 9.25. The Morgan fingerprint density at radius 2 is 1.35 bits per heavy atom. The Morgan fingerprint density at radius 3 is 1.69 bits per heavy atom. The topological polar surface area (TPSA) is 42.2 Å². The SMILES string of the molecule is CC(C)(C)c1cc(C(C)(C)C)c(NC(=O)c2ccco2)c(C(C)(C)C)c1. The molecule has 1 heterocycles. The van der Waals surface area contributed by atoms with Gasteiger partial charge in [0.25, 0.3) is 5.91 Å². The first-order chi connectivity index (χ1) is 11.7. The molecule has 1 amide bonds. The highest BCUT2D eigenvalue weighted by atomic mass is 16.3. The lowest BCUT2D eigenvalue weighted by Gasteiger charge is -2.33. The minimum absolute atomic E-state index is 0.0313. The Kier molecular flexibility index (Phi) is 5.15. The summed E-state index contributed by atoms with van der Waals surface area (Å²) in [4.78, 5) is 12.7. The van der Waals surface area contributed by atoms with E-state index < -0.39 is 0 Å². The number of furan rings is 1. The molecule has 1 aromatic carbocycles. The number of nitrogens with one attached hydrogen (secondary N) is 1. The fourth-order valence-corrected chi connectivity index (χ4v) is 2.98. The van der Waals surface area contributed by atoms with Crippen LogP contribution in [0.15, 0.2) is 34.9 Å². The maximum Gasteiger partial charge on any atom is 0.291 e. The molecule has 0 radical (unpaired) electrons. The second kappa shape index (κ2) is 6.61. The summed E-state index contributed by atoms with van der Waals surface area (Å²) < 4.78 is 5.28. The van der Waals surface area contributed by atoms with E-state index in [4.69, 9.17) is 4.42 Å². The van der Waals surface area contributed by atoms with Crippen LogP contribution in [-0.4, -0.2) is 5.91 Å². The normalized spacial score (nSPS) is 13.0. The van der Waals surface area contributed by atoms with E-state index in [1.807, 2.05) is 0 Å². The smallest absolute Gasteiger partial charge is 0.291 e. The van der Waals surface area contributed by atoms with Crippen LogP contribution in [-0.2, 0) is 16.2 Å². The minimum Gasteiger partial charge on any atom is -0.459 e. The monoisotopic (exact) mass is 355 g/mol. The van der Waals surface area contributed by atoms with Gasteiger partial charge >= 0.3 is 0 Å². The van der Waals surface area contributed by atoms with Gasteiger partial charge in [-0.1, -0.05) is 74.4 Å². The Hall–Kier alpha value is -2.03. The zero-order valence-electron chi connectivity index (χ0n) is 17.7. The zero-order chi connectivity index (χ0) is 19.9. The average molecular weight is 356 g/mol. The van der Waals surface area contributed by atoms with Crippen molar-refractivity contribution in [3.8, 4) is 0 Å². The van der Waals surface area contributed by atoms with E-state index in [-0.39, 0.29) is 22.2 Å². The number of hydrogen-bond donors (Lipinski definition) is 1. The van der Waals surface area contributed by atoms with E-state index in [0.29, 0.717) is 5.76 Å². The standard InChI is InChI=1S/C23H33NO2/c1-21(2,3)15-13-16(22(4,5)6)19(17(14-15)23(7,8)9)24-20(25)18-11-10-12-26-18/h10-14H,1-9H3,(H,24,25). The molecule has 0 aliphatic carbocycles. The van der Waals surface area contributed by atoms with E-state index in [2.05, 4.69) is 79.8 Å². The molecule has 0 saturated heterocycles. The molecule has 1 aromatic heterocycles. The number of carbonyl (C=O) groups excluding carboxylic acids is 1. The molecule has 0 unspecified atom stereocenters. The molecular formula is C23H33NO2. The van der Waals surface area contributed by atoms with Crippen LogP contribution in [0.2, 0.25) is 0 Å². The molecule has 0 spiro atoms. The lowest BCUT2D eigenvalue weighted by Crippen LogP contribution is -2.26. The molecule has 2 aromatic rings. The first-order valence-corrected chi connectivity index (χ1v) is 9.25. The Labute approximate surface area is 158 Å². The summed E-state index contributed by atoms with van der Waals surface area (Å²) in [6, 6.07) is 7.90. The molecule has 3 heteroatoms. The summed E-state index contributed by atoms with van der Waals surface area (Å²) in [5.74, 6) is 0.110. The van der Waals surface area contributed by atoms with Gasteiger partial charge in [-0.25, -0.2) is 0 Å². The highest BCUT2D eigenvalue weighted by molar-refractivity contribution is 6.03. The third-order valence-corrected chi connectivity index (χ3v) is 4.60. The molecule has 26 heavy (non-hydrogen) atoms. The second-order valence-electron chi connectivity index (χ2n) is 10.1. The van der Waals surface area contributed by atoms with E-state index in [9.17, 15) is 4.79 Å². The quantitative estimate of drug-likeness (QED) is 0.675. The molecule has 0 saturated carbocycles. The van der Waals surface area contributed by atoms with Crippen LogP contribution >= 0.6 is 0 Å². The van der Waals surface area contributed by atoms with Crippen LogP contribution in [0.4, 0.5) is 5.69 Å². The summed E-state index contributed by atoms with van der Waals surface area (Å²) in [7, 11) is 0. The average Bonchev–Trinajstić information content (AvgIpc) is 2.97. The van der Waals surface area contributed by atoms with Crippen LogP contribution in [0.1, 0.15) is 89.6 Å². The van der Waals surface area contributed by atoms with Crippen LogP contribution in [0.25, 0.3) is 0 Å².